The summed E-state index contributed by atoms with van der Waals surface area (Å²) in [6, 6.07) is -0.385. The van der Waals surface area contributed by atoms with Crippen molar-refractivity contribution in [3.05, 3.63) is 0 Å². The van der Waals surface area contributed by atoms with E-state index in [-0.39, 0.29) is 11.8 Å². The molecule has 1 radical (unpaired) electrons. The third kappa shape index (κ3) is 1.07. The average Bonchev–Trinajstić information content (AvgIpc) is 1.77. The standard InChI is InChI=1S/C6H10NO/c7-5-3-1-2-4-6(5)8/h5,7H,1-4H2. The molecule has 0 saturated heterocycles. The van der Waals surface area contributed by atoms with Crippen molar-refractivity contribution >= 4 is 5.78 Å². The molecule has 2 nitrogen and oxygen atoms in total. The van der Waals surface area contributed by atoms with Crippen molar-refractivity contribution in [2.75, 3.05) is 0 Å². The first-order valence-electron chi connectivity index (χ1n) is 3.04. The van der Waals surface area contributed by atoms with Crippen molar-refractivity contribution in [2.45, 2.75) is 31.7 Å². The first-order valence-corrected chi connectivity index (χ1v) is 3.04. The van der Waals surface area contributed by atoms with Gasteiger partial charge in [0.1, 0.15) is 0 Å². The summed E-state index contributed by atoms with van der Waals surface area (Å²) in [4.78, 5) is 10.6. The van der Waals surface area contributed by atoms with E-state index >= 15 is 0 Å². The summed E-state index contributed by atoms with van der Waals surface area (Å²) in [5, 5.41) is 0. The van der Waals surface area contributed by atoms with E-state index in [1.165, 1.54) is 0 Å². The van der Waals surface area contributed by atoms with Gasteiger partial charge in [-0.05, 0) is 12.8 Å². The lowest BCUT2D eigenvalue weighted by atomic mass is 9.95. The maximum atomic E-state index is 10.6. The van der Waals surface area contributed by atoms with Gasteiger partial charge in [-0.15, -0.1) is 0 Å². The number of nitrogens with one attached hydrogen (secondary N) is 1. The zero-order valence-corrected chi connectivity index (χ0v) is 4.81. The monoisotopic (exact) mass is 112 g/mol. The molecule has 2 heteroatoms. The van der Waals surface area contributed by atoms with E-state index in [0.29, 0.717) is 6.42 Å². The lowest BCUT2D eigenvalue weighted by molar-refractivity contribution is -0.121. The number of carbonyl (C=O) groups excluding carboxylic acids is 1. The van der Waals surface area contributed by atoms with Crippen LogP contribution in [0.1, 0.15) is 25.7 Å². The minimum absolute atomic E-state index is 0.135. The first kappa shape index (κ1) is 5.76. The molecule has 0 aromatic carbocycles. The fourth-order valence-electron chi connectivity index (χ4n) is 0.983. The molecule has 45 valence electrons. The molecule has 1 unspecified atom stereocenters. The average molecular weight is 112 g/mol. The number of rotatable bonds is 0. The third-order valence-electron chi connectivity index (χ3n) is 1.55. The van der Waals surface area contributed by atoms with E-state index in [0.717, 1.165) is 19.3 Å². The second-order valence-corrected chi connectivity index (χ2v) is 2.26. The highest BCUT2D eigenvalue weighted by atomic mass is 16.1. The van der Waals surface area contributed by atoms with Gasteiger partial charge >= 0.3 is 0 Å². The zero-order chi connectivity index (χ0) is 5.98. The molecule has 0 aromatic rings. The largest absolute Gasteiger partial charge is 0.298 e. The summed E-state index contributed by atoms with van der Waals surface area (Å²) in [6.45, 7) is 0. The third-order valence-corrected chi connectivity index (χ3v) is 1.55. The fraction of sp³-hybridized carbons (Fsp3) is 0.833. The van der Waals surface area contributed by atoms with Crippen LogP contribution in [-0.2, 0) is 4.79 Å². The Morgan fingerprint density at radius 3 is 2.62 bits per heavy atom. The van der Waals surface area contributed by atoms with Crippen molar-refractivity contribution in [1.29, 1.82) is 0 Å². The molecule has 1 N–H and O–H groups in total. The fourth-order valence-corrected chi connectivity index (χ4v) is 0.983. The number of Topliss-reactive ketones (excluding diaryl/α,β-unsaturated/α-hetero) is 1. The topological polar surface area (TPSA) is 40.9 Å². The molecule has 1 aliphatic rings. The number of hydrogen-bond acceptors (Lipinski definition) is 1. The van der Waals surface area contributed by atoms with Crippen LogP contribution in [0.3, 0.4) is 0 Å². The summed E-state index contributed by atoms with van der Waals surface area (Å²) in [5.74, 6) is 0.135. The lowest BCUT2D eigenvalue weighted by Gasteiger charge is -2.13. The van der Waals surface area contributed by atoms with Crippen LogP contribution in [0.15, 0.2) is 0 Å². The molecule has 1 saturated carbocycles. The van der Waals surface area contributed by atoms with E-state index in [9.17, 15) is 4.79 Å². The Bertz CT molecular complexity index is 101. The van der Waals surface area contributed by atoms with Gasteiger partial charge in [-0.25, -0.2) is 5.73 Å². The molecule has 0 aromatic heterocycles. The number of hydrogen-bond donors (Lipinski definition) is 0. The van der Waals surface area contributed by atoms with Crippen LogP contribution in [0.5, 0.6) is 0 Å². The van der Waals surface area contributed by atoms with Gasteiger partial charge < -0.3 is 0 Å². The lowest BCUT2D eigenvalue weighted by Crippen LogP contribution is -2.25. The molecule has 8 heavy (non-hydrogen) atoms. The number of carbonyl (C=O) groups is 1. The molecule has 1 rings (SSSR count). The molecular weight excluding hydrogens is 102 g/mol. The van der Waals surface area contributed by atoms with Crippen molar-refractivity contribution in [2.24, 2.45) is 0 Å². The van der Waals surface area contributed by atoms with Crippen LogP contribution in [-0.4, -0.2) is 11.8 Å². The molecule has 1 aliphatic carbocycles. The smallest absolute Gasteiger partial charge is 0.151 e. The van der Waals surface area contributed by atoms with E-state index in [1.807, 2.05) is 0 Å². The quantitative estimate of drug-likeness (QED) is 0.456. The van der Waals surface area contributed by atoms with Crippen molar-refractivity contribution in [1.82, 2.24) is 5.73 Å². The Hall–Kier alpha value is -0.370. The normalized spacial score (nSPS) is 30.6. The van der Waals surface area contributed by atoms with Crippen LogP contribution in [0.25, 0.3) is 0 Å². The summed E-state index contributed by atoms with van der Waals surface area (Å²) >= 11 is 0. The molecular formula is C6H10NO. The van der Waals surface area contributed by atoms with E-state index in [4.69, 9.17) is 5.73 Å². The molecule has 0 spiro atoms. The molecule has 0 aliphatic heterocycles. The second-order valence-electron chi connectivity index (χ2n) is 2.26. The van der Waals surface area contributed by atoms with Gasteiger partial charge in [0.2, 0.25) is 0 Å². The van der Waals surface area contributed by atoms with Gasteiger partial charge in [0.15, 0.2) is 5.78 Å². The Kier molecular flexibility index (Phi) is 1.63. The van der Waals surface area contributed by atoms with Crippen LogP contribution in [0, 0.1) is 0 Å². The summed E-state index contributed by atoms with van der Waals surface area (Å²) < 4.78 is 0. The number of ketones is 1. The Labute approximate surface area is 49.1 Å². The van der Waals surface area contributed by atoms with Gasteiger partial charge in [0, 0.05) is 6.42 Å². The predicted octanol–water partition coefficient (Wildman–Crippen LogP) is 0.781. The highest BCUT2D eigenvalue weighted by molar-refractivity contribution is 5.84. The predicted molar refractivity (Wildman–Crippen MR) is 30.4 cm³/mol. The Morgan fingerprint density at radius 2 is 2.25 bits per heavy atom. The Morgan fingerprint density at radius 1 is 1.50 bits per heavy atom. The van der Waals surface area contributed by atoms with Crippen molar-refractivity contribution in [3.8, 4) is 0 Å². The van der Waals surface area contributed by atoms with Gasteiger partial charge in [-0.1, -0.05) is 6.42 Å². The molecule has 1 atom stereocenters. The molecule has 0 amide bonds. The van der Waals surface area contributed by atoms with Gasteiger partial charge in [0.05, 0.1) is 6.04 Å². The maximum absolute atomic E-state index is 10.6. The van der Waals surface area contributed by atoms with Crippen LogP contribution in [0.2, 0.25) is 0 Å². The molecule has 0 heterocycles. The Balaban J connectivity index is 2.39. The molecule has 0 bridgehead atoms. The summed E-state index contributed by atoms with van der Waals surface area (Å²) in [5.41, 5.74) is 7.13. The second kappa shape index (κ2) is 2.27. The minimum atomic E-state index is -0.385. The van der Waals surface area contributed by atoms with Crippen LogP contribution in [0.4, 0.5) is 0 Å². The SMILES string of the molecule is [NH]C1CCCCC1=O. The highest BCUT2D eigenvalue weighted by Gasteiger charge is 2.17. The maximum Gasteiger partial charge on any atom is 0.151 e. The van der Waals surface area contributed by atoms with Crippen molar-refractivity contribution in [3.63, 3.8) is 0 Å². The molecule has 1 fully saturated rings. The van der Waals surface area contributed by atoms with Gasteiger partial charge in [-0.2, -0.15) is 0 Å². The van der Waals surface area contributed by atoms with Crippen molar-refractivity contribution < 1.29 is 4.79 Å². The summed E-state index contributed by atoms with van der Waals surface area (Å²) in [6.07, 6.45) is 3.51. The zero-order valence-electron chi connectivity index (χ0n) is 4.81. The highest BCUT2D eigenvalue weighted by Crippen LogP contribution is 2.12. The van der Waals surface area contributed by atoms with E-state index in [1.54, 1.807) is 0 Å². The minimum Gasteiger partial charge on any atom is -0.298 e. The first-order chi connectivity index (χ1) is 3.80. The van der Waals surface area contributed by atoms with Crippen LogP contribution >= 0.6 is 0 Å². The van der Waals surface area contributed by atoms with E-state index in [2.05, 4.69) is 0 Å². The van der Waals surface area contributed by atoms with Crippen LogP contribution < -0.4 is 5.73 Å². The summed E-state index contributed by atoms with van der Waals surface area (Å²) in [7, 11) is 0. The van der Waals surface area contributed by atoms with E-state index < -0.39 is 0 Å². The van der Waals surface area contributed by atoms with Gasteiger partial charge in [0.25, 0.3) is 0 Å². The van der Waals surface area contributed by atoms with Gasteiger partial charge in [-0.3, -0.25) is 4.79 Å².